The molecule has 3 rings (SSSR count). The van der Waals surface area contributed by atoms with Crippen LogP contribution in [0.2, 0.25) is 0 Å². The molecule has 1 atom stereocenters. The van der Waals surface area contributed by atoms with Crippen LogP contribution < -0.4 is 0 Å². The SMILES string of the molecule is COCCN1CCC(Cc2nccnc2-c2cc(C)[nH]n2)C1. The first-order valence-corrected chi connectivity index (χ1v) is 7.80. The van der Waals surface area contributed by atoms with Crippen LogP contribution in [-0.4, -0.2) is 58.4 Å². The molecule has 118 valence electrons. The fraction of sp³-hybridized carbons (Fsp3) is 0.562. The highest BCUT2D eigenvalue weighted by Gasteiger charge is 2.24. The number of aromatic amines is 1. The van der Waals surface area contributed by atoms with Crippen molar-refractivity contribution >= 4 is 0 Å². The zero-order valence-electron chi connectivity index (χ0n) is 13.2. The first-order valence-electron chi connectivity index (χ1n) is 7.80. The Labute approximate surface area is 130 Å². The number of nitrogens with zero attached hydrogens (tertiary/aromatic N) is 4. The molecule has 1 aliphatic heterocycles. The molecule has 2 aromatic heterocycles. The molecule has 0 saturated carbocycles. The normalized spacial score (nSPS) is 18.9. The van der Waals surface area contributed by atoms with Gasteiger partial charge in [-0.1, -0.05) is 0 Å². The van der Waals surface area contributed by atoms with Gasteiger partial charge in [0.15, 0.2) is 0 Å². The van der Waals surface area contributed by atoms with Gasteiger partial charge in [0.25, 0.3) is 0 Å². The lowest BCUT2D eigenvalue weighted by molar-refractivity contribution is 0.159. The lowest BCUT2D eigenvalue weighted by Gasteiger charge is -2.15. The summed E-state index contributed by atoms with van der Waals surface area (Å²) < 4.78 is 5.16. The zero-order valence-corrected chi connectivity index (χ0v) is 13.2. The maximum Gasteiger partial charge on any atom is 0.113 e. The lowest BCUT2D eigenvalue weighted by Crippen LogP contribution is -2.25. The topological polar surface area (TPSA) is 66.9 Å². The van der Waals surface area contributed by atoms with E-state index >= 15 is 0 Å². The van der Waals surface area contributed by atoms with Crippen LogP contribution in [-0.2, 0) is 11.2 Å². The van der Waals surface area contributed by atoms with Crippen molar-refractivity contribution in [3.63, 3.8) is 0 Å². The van der Waals surface area contributed by atoms with Crippen molar-refractivity contribution in [2.45, 2.75) is 19.8 Å². The van der Waals surface area contributed by atoms with Gasteiger partial charge in [-0.2, -0.15) is 5.10 Å². The maximum atomic E-state index is 5.16. The largest absolute Gasteiger partial charge is 0.383 e. The quantitative estimate of drug-likeness (QED) is 0.879. The van der Waals surface area contributed by atoms with Crippen molar-refractivity contribution in [2.24, 2.45) is 5.92 Å². The van der Waals surface area contributed by atoms with Gasteiger partial charge in [0, 0.05) is 38.3 Å². The van der Waals surface area contributed by atoms with Crippen molar-refractivity contribution in [1.29, 1.82) is 0 Å². The Kier molecular flexibility index (Phi) is 4.80. The van der Waals surface area contributed by atoms with Gasteiger partial charge in [-0.15, -0.1) is 0 Å². The minimum absolute atomic E-state index is 0.632. The standard InChI is InChI=1S/C16H23N5O/c1-12-9-15(20-19-12)16-14(17-4-5-18-16)10-13-3-6-21(11-13)7-8-22-2/h4-5,9,13H,3,6-8,10-11H2,1-2H3,(H,19,20). The molecule has 1 N–H and O–H groups in total. The summed E-state index contributed by atoms with van der Waals surface area (Å²) in [4.78, 5) is 11.5. The third-order valence-electron chi connectivity index (χ3n) is 4.19. The van der Waals surface area contributed by atoms with E-state index in [1.165, 1.54) is 6.42 Å². The Hall–Kier alpha value is -1.79. The van der Waals surface area contributed by atoms with Crippen molar-refractivity contribution in [3.8, 4) is 11.4 Å². The molecule has 0 aromatic carbocycles. The van der Waals surface area contributed by atoms with Crippen LogP contribution in [0, 0.1) is 12.8 Å². The zero-order chi connectivity index (χ0) is 15.4. The molecule has 0 amide bonds. The van der Waals surface area contributed by atoms with Crippen LogP contribution in [0.1, 0.15) is 17.8 Å². The average molecular weight is 301 g/mol. The molecule has 2 aromatic rings. The van der Waals surface area contributed by atoms with Gasteiger partial charge in [0.05, 0.1) is 12.3 Å². The second-order valence-electron chi connectivity index (χ2n) is 5.94. The van der Waals surface area contributed by atoms with Gasteiger partial charge in [0.1, 0.15) is 11.4 Å². The number of ether oxygens (including phenoxy) is 1. The highest BCUT2D eigenvalue weighted by molar-refractivity contribution is 5.56. The van der Waals surface area contributed by atoms with Crippen LogP contribution in [0.3, 0.4) is 0 Å². The van der Waals surface area contributed by atoms with Crippen LogP contribution >= 0.6 is 0 Å². The van der Waals surface area contributed by atoms with E-state index in [-0.39, 0.29) is 0 Å². The highest BCUT2D eigenvalue weighted by Crippen LogP contribution is 2.24. The van der Waals surface area contributed by atoms with E-state index < -0.39 is 0 Å². The summed E-state index contributed by atoms with van der Waals surface area (Å²) in [5, 5.41) is 7.30. The number of nitrogens with one attached hydrogen (secondary N) is 1. The van der Waals surface area contributed by atoms with Crippen molar-refractivity contribution < 1.29 is 4.74 Å². The maximum absolute atomic E-state index is 5.16. The van der Waals surface area contributed by atoms with E-state index in [9.17, 15) is 0 Å². The molecule has 0 aliphatic carbocycles. The van der Waals surface area contributed by atoms with Crippen LogP contribution in [0.15, 0.2) is 18.5 Å². The lowest BCUT2D eigenvalue weighted by atomic mass is 10.0. The summed E-state index contributed by atoms with van der Waals surface area (Å²) in [6, 6.07) is 2.02. The number of aryl methyl sites for hydroxylation is 1. The third kappa shape index (κ3) is 3.51. The van der Waals surface area contributed by atoms with E-state index in [0.29, 0.717) is 5.92 Å². The van der Waals surface area contributed by atoms with E-state index in [4.69, 9.17) is 4.74 Å². The first kappa shape index (κ1) is 15.1. The molecule has 6 nitrogen and oxygen atoms in total. The Morgan fingerprint density at radius 3 is 3.00 bits per heavy atom. The number of H-pyrrole nitrogens is 1. The molecule has 0 bridgehead atoms. The molecule has 1 saturated heterocycles. The number of rotatable bonds is 6. The van der Waals surface area contributed by atoms with Crippen LogP contribution in [0.4, 0.5) is 0 Å². The molecule has 22 heavy (non-hydrogen) atoms. The monoisotopic (exact) mass is 301 g/mol. The summed E-state index contributed by atoms with van der Waals surface area (Å²) >= 11 is 0. The van der Waals surface area contributed by atoms with Crippen molar-refractivity contribution in [2.75, 3.05) is 33.4 Å². The molecule has 1 fully saturated rings. The number of hydrogen-bond donors (Lipinski definition) is 1. The van der Waals surface area contributed by atoms with E-state index in [1.54, 1.807) is 19.5 Å². The smallest absolute Gasteiger partial charge is 0.113 e. The van der Waals surface area contributed by atoms with E-state index in [0.717, 1.165) is 55.4 Å². The van der Waals surface area contributed by atoms with Gasteiger partial charge in [-0.3, -0.25) is 15.1 Å². The van der Waals surface area contributed by atoms with Crippen LogP contribution in [0.25, 0.3) is 11.4 Å². The van der Waals surface area contributed by atoms with Crippen molar-refractivity contribution in [1.82, 2.24) is 25.1 Å². The molecule has 1 unspecified atom stereocenters. The summed E-state index contributed by atoms with van der Waals surface area (Å²) in [7, 11) is 1.76. The van der Waals surface area contributed by atoms with Gasteiger partial charge in [-0.25, -0.2) is 0 Å². The summed E-state index contributed by atoms with van der Waals surface area (Å²) in [6.07, 6.45) is 5.68. The second kappa shape index (κ2) is 6.98. The van der Waals surface area contributed by atoms with Crippen LogP contribution in [0.5, 0.6) is 0 Å². The van der Waals surface area contributed by atoms with E-state index in [1.807, 2.05) is 13.0 Å². The van der Waals surface area contributed by atoms with Gasteiger partial charge >= 0.3 is 0 Å². The second-order valence-corrected chi connectivity index (χ2v) is 5.94. The van der Waals surface area contributed by atoms with Gasteiger partial charge < -0.3 is 9.64 Å². The number of aromatic nitrogens is 4. The third-order valence-corrected chi connectivity index (χ3v) is 4.19. The predicted octanol–water partition coefficient (Wildman–Crippen LogP) is 1.69. The Balaban J connectivity index is 1.69. The molecule has 1 aliphatic rings. The predicted molar refractivity (Wildman–Crippen MR) is 84.5 cm³/mol. The molecule has 0 radical (unpaired) electrons. The van der Waals surface area contributed by atoms with Gasteiger partial charge in [0.2, 0.25) is 0 Å². The summed E-state index contributed by atoms with van der Waals surface area (Å²) in [6.45, 7) is 6.07. The molecule has 6 heteroatoms. The molecule has 0 spiro atoms. The first-order chi connectivity index (χ1) is 10.8. The summed E-state index contributed by atoms with van der Waals surface area (Å²) in [5.41, 5.74) is 3.88. The molecule has 3 heterocycles. The fourth-order valence-electron chi connectivity index (χ4n) is 3.05. The molecular weight excluding hydrogens is 278 g/mol. The fourth-order valence-corrected chi connectivity index (χ4v) is 3.05. The minimum Gasteiger partial charge on any atom is -0.383 e. The highest BCUT2D eigenvalue weighted by atomic mass is 16.5. The number of likely N-dealkylation sites (tertiary alicyclic amines) is 1. The Bertz CT molecular complexity index is 612. The Morgan fingerprint density at radius 1 is 1.36 bits per heavy atom. The van der Waals surface area contributed by atoms with E-state index in [2.05, 4.69) is 25.1 Å². The Morgan fingerprint density at radius 2 is 2.23 bits per heavy atom. The number of hydrogen-bond acceptors (Lipinski definition) is 5. The molecular formula is C16H23N5O. The van der Waals surface area contributed by atoms with Gasteiger partial charge in [-0.05, 0) is 38.3 Å². The summed E-state index contributed by atoms with van der Waals surface area (Å²) in [5.74, 6) is 0.632. The number of methoxy groups -OCH3 is 1. The minimum atomic E-state index is 0.632. The average Bonchev–Trinajstić information content (AvgIpc) is 3.15. The van der Waals surface area contributed by atoms with Crippen molar-refractivity contribution in [3.05, 3.63) is 29.8 Å².